The van der Waals surface area contributed by atoms with E-state index in [4.69, 9.17) is 4.43 Å². The van der Waals surface area contributed by atoms with Crippen LogP contribution in [0.25, 0.3) is 0 Å². The Labute approximate surface area is 218 Å². The first-order valence-electron chi connectivity index (χ1n) is 12.8. The molecule has 1 heterocycles. The van der Waals surface area contributed by atoms with Crippen LogP contribution in [0.15, 0.2) is 53.4 Å². The van der Waals surface area contributed by atoms with Crippen LogP contribution >= 0.6 is 0 Å². The number of benzene rings is 2. The van der Waals surface area contributed by atoms with Gasteiger partial charge in [0.25, 0.3) is 0 Å². The zero-order chi connectivity index (χ0) is 26.6. The summed E-state index contributed by atoms with van der Waals surface area (Å²) in [6, 6.07) is 14.8. The zero-order valence-electron chi connectivity index (χ0n) is 22.7. The van der Waals surface area contributed by atoms with Gasteiger partial charge < -0.3 is 9.33 Å². The quantitative estimate of drug-likeness (QED) is 0.326. The maximum Gasteiger partial charge on any atom is 0.250 e. The van der Waals surface area contributed by atoms with Gasteiger partial charge >= 0.3 is 0 Å². The number of hydrogen-bond acceptors (Lipinski definition) is 6. The van der Waals surface area contributed by atoms with E-state index < -0.39 is 18.2 Å². The molecule has 1 aliphatic heterocycles. The summed E-state index contributed by atoms with van der Waals surface area (Å²) in [4.78, 5) is 18.1. The molecule has 0 N–H and O–H groups in total. The number of ketones is 1. The van der Waals surface area contributed by atoms with Gasteiger partial charge in [-0.25, -0.2) is 8.42 Å². The van der Waals surface area contributed by atoms with Gasteiger partial charge in [0.1, 0.15) is 5.75 Å². The van der Waals surface area contributed by atoms with E-state index in [2.05, 4.69) is 43.7 Å². The highest BCUT2D eigenvalue weighted by Crippen LogP contribution is 2.37. The van der Waals surface area contributed by atoms with Gasteiger partial charge in [0.2, 0.25) is 8.32 Å². The van der Waals surface area contributed by atoms with Crippen molar-refractivity contribution in [3.8, 4) is 5.75 Å². The summed E-state index contributed by atoms with van der Waals surface area (Å²) < 4.78 is 29.7. The molecule has 198 valence electrons. The summed E-state index contributed by atoms with van der Waals surface area (Å²) >= 11 is 0. The van der Waals surface area contributed by atoms with Crippen molar-refractivity contribution in [3.63, 3.8) is 0 Å². The van der Waals surface area contributed by atoms with E-state index in [1.165, 1.54) is 6.26 Å². The van der Waals surface area contributed by atoms with Crippen molar-refractivity contribution in [1.29, 1.82) is 0 Å². The smallest absolute Gasteiger partial charge is 0.250 e. The standard InChI is InChI=1S/C28H42N2O4SSi/c1-28(2,3)36(5,6)34-25-10-7-9-24(21-25)27(31)15-18-29-16-8-17-30(20-19-29)22-23-11-13-26(14-12-23)35(4,32)33/h7,9-14,21H,8,15-20,22H2,1-6H3. The van der Waals surface area contributed by atoms with Crippen LogP contribution < -0.4 is 4.43 Å². The molecule has 0 saturated carbocycles. The molecule has 0 radical (unpaired) electrons. The van der Waals surface area contributed by atoms with Gasteiger partial charge in [0.05, 0.1) is 4.90 Å². The normalized spacial score (nSPS) is 16.5. The van der Waals surface area contributed by atoms with Gasteiger partial charge in [-0.2, -0.15) is 0 Å². The highest BCUT2D eigenvalue weighted by molar-refractivity contribution is 7.90. The highest BCUT2D eigenvalue weighted by atomic mass is 32.2. The minimum atomic E-state index is -3.17. The molecule has 1 saturated heterocycles. The van der Waals surface area contributed by atoms with Crippen molar-refractivity contribution in [2.24, 2.45) is 0 Å². The Kier molecular flexibility index (Phi) is 9.19. The molecule has 6 nitrogen and oxygen atoms in total. The van der Waals surface area contributed by atoms with E-state index in [0.29, 0.717) is 11.3 Å². The van der Waals surface area contributed by atoms with E-state index in [9.17, 15) is 13.2 Å². The molecule has 0 unspecified atom stereocenters. The lowest BCUT2D eigenvalue weighted by Gasteiger charge is -2.36. The first kappa shape index (κ1) is 28.6. The third-order valence-electron chi connectivity index (χ3n) is 7.43. The Morgan fingerprint density at radius 1 is 0.972 bits per heavy atom. The SMILES string of the molecule is CC(C)(C)[Si](C)(C)Oc1cccc(C(=O)CCN2CCCN(Cc3ccc(S(C)(=O)=O)cc3)CC2)c1. The summed E-state index contributed by atoms with van der Waals surface area (Å²) in [5.74, 6) is 0.949. The number of Topliss-reactive ketones (excluding diaryl/α,β-unsaturated/α-hetero) is 1. The zero-order valence-corrected chi connectivity index (χ0v) is 24.5. The van der Waals surface area contributed by atoms with E-state index in [1.807, 2.05) is 36.4 Å². The third-order valence-corrected chi connectivity index (χ3v) is 12.9. The fourth-order valence-corrected chi connectivity index (χ4v) is 5.74. The van der Waals surface area contributed by atoms with Crippen molar-refractivity contribution in [3.05, 3.63) is 59.7 Å². The second kappa shape index (κ2) is 11.6. The molecule has 0 bridgehead atoms. The van der Waals surface area contributed by atoms with Gasteiger partial charge in [-0.1, -0.05) is 45.0 Å². The molecule has 2 aromatic carbocycles. The summed E-state index contributed by atoms with van der Waals surface area (Å²) in [5, 5.41) is 0.104. The second-order valence-corrected chi connectivity index (χ2v) is 18.2. The Morgan fingerprint density at radius 2 is 1.61 bits per heavy atom. The maximum atomic E-state index is 13.0. The molecule has 1 fully saturated rings. The monoisotopic (exact) mass is 530 g/mol. The summed E-state index contributed by atoms with van der Waals surface area (Å²) in [6.45, 7) is 16.4. The first-order valence-corrected chi connectivity index (χ1v) is 17.6. The predicted molar refractivity (Wildman–Crippen MR) is 149 cm³/mol. The van der Waals surface area contributed by atoms with E-state index in [-0.39, 0.29) is 10.8 Å². The minimum Gasteiger partial charge on any atom is -0.543 e. The van der Waals surface area contributed by atoms with Gasteiger partial charge in [-0.15, -0.1) is 0 Å². The lowest BCUT2D eigenvalue weighted by molar-refractivity contribution is 0.0964. The molecular weight excluding hydrogens is 488 g/mol. The summed E-state index contributed by atoms with van der Waals surface area (Å²) in [7, 11) is -5.12. The lowest BCUT2D eigenvalue weighted by Crippen LogP contribution is -2.43. The van der Waals surface area contributed by atoms with Crippen LogP contribution in [0.3, 0.4) is 0 Å². The summed E-state index contributed by atoms with van der Waals surface area (Å²) in [5.41, 5.74) is 1.84. The Morgan fingerprint density at radius 3 is 2.25 bits per heavy atom. The van der Waals surface area contributed by atoms with Crippen LogP contribution in [0.2, 0.25) is 18.1 Å². The Bertz CT molecular complexity index is 1140. The second-order valence-electron chi connectivity index (χ2n) is 11.5. The number of carbonyl (C=O) groups excluding carboxylic acids is 1. The van der Waals surface area contributed by atoms with Crippen LogP contribution in [-0.2, 0) is 16.4 Å². The van der Waals surface area contributed by atoms with Crippen LogP contribution in [0.5, 0.6) is 5.75 Å². The molecule has 0 aliphatic carbocycles. The van der Waals surface area contributed by atoms with Crippen LogP contribution in [0.4, 0.5) is 0 Å². The predicted octanol–water partition coefficient (Wildman–Crippen LogP) is 5.25. The van der Waals surface area contributed by atoms with Crippen LogP contribution in [0.1, 0.15) is 49.5 Å². The molecule has 3 rings (SSSR count). The van der Waals surface area contributed by atoms with Crippen molar-refractivity contribution < 1.29 is 17.6 Å². The van der Waals surface area contributed by atoms with Crippen LogP contribution in [0, 0.1) is 0 Å². The lowest BCUT2D eigenvalue weighted by atomic mass is 10.1. The molecule has 0 spiro atoms. The summed E-state index contributed by atoms with van der Waals surface area (Å²) in [6.07, 6.45) is 2.78. The molecule has 0 aromatic heterocycles. The number of nitrogens with zero attached hydrogens (tertiary/aromatic N) is 2. The number of hydrogen-bond donors (Lipinski definition) is 0. The maximum absolute atomic E-state index is 13.0. The van der Waals surface area contributed by atoms with Crippen LogP contribution in [-0.4, -0.2) is 71.3 Å². The van der Waals surface area contributed by atoms with Gasteiger partial charge in [-0.3, -0.25) is 9.69 Å². The minimum absolute atomic E-state index is 0.104. The van der Waals surface area contributed by atoms with Crippen molar-refractivity contribution >= 4 is 23.9 Å². The molecule has 8 heteroatoms. The molecule has 2 aromatic rings. The number of carbonyl (C=O) groups is 1. The highest BCUT2D eigenvalue weighted by Gasteiger charge is 2.39. The molecule has 1 aliphatic rings. The Hall–Kier alpha value is -2.00. The van der Waals surface area contributed by atoms with E-state index in [0.717, 1.165) is 62.6 Å². The largest absolute Gasteiger partial charge is 0.543 e. The number of sulfone groups is 1. The van der Waals surface area contributed by atoms with Gasteiger partial charge in [0, 0.05) is 44.4 Å². The average molecular weight is 531 g/mol. The molecule has 0 atom stereocenters. The van der Waals surface area contributed by atoms with Crippen molar-refractivity contribution in [1.82, 2.24) is 9.80 Å². The van der Waals surface area contributed by atoms with Gasteiger partial charge in [0.15, 0.2) is 15.6 Å². The average Bonchev–Trinajstić information content (AvgIpc) is 3.01. The van der Waals surface area contributed by atoms with Crippen molar-refractivity contribution in [2.45, 2.75) is 63.2 Å². The van der Waals surface area contributed by atoms with E-state index in [1.54, 1.807) is 12.1 Å². The number of rotatable bonds is 9. The fourth-order valence-electron chi connectivity index (χ4n) is 4.09. The first-order chi connectivity index (χ1) is 16.7. The molecule has 36 heavy (non-hydrogen) atoms. The van der Waals surface area contributed by atoms with Gasteiger partial charge in [-0.05, 0) is 67.5 Å². The third kappa shape index (κ3) is 8.00. The Balaban J connectivity index is 1.50. The topological polar surface area (TPSA) is 66.9 Å². The van der Waals surface area contributed by atoms with E-state index >= 15 is 0 Å². The molecule has 0 amide bonds. The molecular formula is C28H42N2O4SSi. The van der Waals surface area contributed by atoms with Crippen molar-refractivity contribution in [2.75, 3.05) is 39.0 Å². The fraction of sp³-hybridized carbons (Fsp3) is 0.536.